The zero-order valence-electron chi connectivity index (χ0n) is 16.2. The third-order valence-electron chi connectivity index (χ3n) is 4.98. The fraction of sp³-hybridized carbons (Fsp3) is 0.273. The van der Waals surface area contributed by atoms with E-state index < -0.39 is 0 Å². The van der Waals surface area contributed by atoms with Crippen molar-refractivity contribution in [2.24, 2.45) is 0 Å². The van der Waals surface area contributed by atoms with E-state index >= 15 is 0 Å². The van der Waals surface area contributed by atoms with Crippen molar-refractivity contribution in [2.45, 2.75) is 13.0 Å². The van der Waals surface area contributed by atoms with Crippen LogP contribution in [0.25, 0.3) is 5.69 Å². The minimum atomic E-state index is -0.0760. The maximum Gasteiger partial charge on any atom is 0.256 e. The van der Waals surface area contributed by atoms with Gasteiger partial charge in [-0.1, -0.05) is 30.3 Å². The van der Waals surface area contributed by atoms with E-state index in [1.165, 1.54) is 0 Å². The van der Waals surface area contributed by atoms with E-state index in [0.29, 0.717) is 12.1 Å². The number of hydrogen-bond donors (Lipinski definition) is 0. The smallest absolute Gasteiger partial charge is 0.256 e. The number of benzene rings is 2. The van der Waals surface area contributed by atoms with Crippen molar-refractivity contribution in [3.63, 3.8) is 0 Å². The molecule has 0 fully saturated rings. The summed E-state index contributed by atoms with van der Waals surface area (Å²) in [5.41, 5.74) is 2.60. The summed E-state index contributed by atoms with van der Waals surface area (Å²) in [4.78, 5) is 16.9. The number of fused-ring (bicyclic) bond motifs is 1. The molecule has 144 valence electrons. The molecule has 0 unspecified atom stereocenters. The zero-order valence-corrected chi connectivity index (χ0v) is 16.2. The number of aromatic nitrogens is 2. The summed E-state index contributed by atoms with van der Waals surface area (Å²) in [6.07, 6.45) is 3.30. The van der Waals surface area contributed by atoms with Gasteiger partial charge in [-0.2, -0.15) is 5.10 Å². The van der Waals surface area contributed by atoms with Crippen LogP contribution < -0.4 is 9.64 Å². The molecule has 6 heteroatoms. The number of likely N-dealkylation sites (N-methyl/N-ethyl adjacent to an activating group) is 2. The molecule has 0 spiro atoms. The molecule has 2 heterocycles. The summed E-state index contributed by atoms with van der Waals surface area (Å²) in [7, 11) is 1.81. The first kappa shape index (κ1) is 18.1. The Morgan fingerprint density at radius 1 is 1.18 bits per heavy atom. The van der Waals surface area contributed by atoms with Gasteiger partial charge in [0.1, 0.15) is 11.9 Å². The Balaban J connectivity index is 1.45. The Bertz CT molecular complexity index is 954. The van der Waals surface area contributed by atoms with Crippen LogP contribution in [0.3, 0.4) is 0 Å². The number of carbonyl (C=O) groups excluding carboxylic acids is 1. The SMILES string of the molecule is CCN1C[C@H](CN(C)C(=O)c2cnn(-c3ccccc3)c2)Oc2ccccc21. The summed E-state index contributed by atoms with van der Waals surface area (Å²) >= 11 is 0. The van der Waals surface area contributed by atoms with Gasteiger partial charge in [0, 0.05) is 19.8 Å². The molecule has 1 aromatic heterocycles. The van der Waals surface area contributed by atoms with Crippen molar-refractivity contribution in [1.82, 2.24) is 14.7 Å². The average Bonchev–Trinajstić information content (AvgIpc) is 3.23. The molecule has 0 saturated carbocycles. The number of rotatable bonds is 5. The van der Waals surface area contributed by atoms with Gasteiger partial charge in [0.15, 0.2) is 0 Å². The van der Waals surface area contributed by atoms with E-state index in [2.05, 4.69) is 23.0 Å². The number of amides is 1. The third kappa shape index (κ3) is 3.58. The molecule has 1 aliphatic heterocycles. The van der Waals surface area contributed by atoms with Crippen LogP contribution in [-0.2, 0) is 0 Å². The topological polar surface area (TPSA) is 50.6 Å². The second kappa shape index (κ2) is 7.76. The van der Waals surface area contributed by atoms with Crippen LogP contribution in [0.15, 0.2) is 67.0 Å². The summed E-state index contributed by atoms with van der Waals surface area (Å²) in [6, 6.07) is 17.8. The Hall–Kier alpha value is -3.28. The molecule has 6 nitrogen and oxygen atoms in total. The highest BCUT2D eigenvalue weighted by atomic mass is 16.5. The largest absolute Gasteiger partial charge is 0.485 e. The Morgan fingerprint density at radius 2 is 1.93 bits per heavy atom. The standard InChI is InChI=1S/C22H24N4O2/c1-3-25-16-19(28-21-12-8-7-11-20(21)25)15-24(2)22(27)17-13-23-26(14-17)18-9-5-4-6-10-18/h4-14,19H,3,15-16H2,1-2H3/t19-/m0/s1. The second-order valence-corrected chi connectivity index (χ2v) is 6.94. The van der Waals surface area contributed by atoms with Crippen LogP contribution in [0.4, 0.5) is 5.69 Å². The van der Waals surface area contributed by atoms with Gasteiger partial charge in [0.2, 0.25) is 0 Å². The molecule has 1 aliphatic rings. The van der Waals surface area contributed by atoms with Crippen molar-refractivity contribution >= 4 is 11.6 Å². The molecule has 0 aliphatic carbocycles. The predicted octanol–water partition coefficient (Wildman–Crippen LogP) is 3.23. The Labute approximate surface area is 164 Å². The van der Waals surface area contributed by atoms with E-state index in [-0.39, 0.29) is 12.0 Å². The summed E-state index contributed by atoms with van der Waals surface area (Å²) in [6.45, 7) is 4.30. The maximum absolute atomic E-state index is 12.9. The van der Waals surface area contributed by atoms with Gasteiger partial charge in [-0.15, -0.1) is 0 Å². The maximum atomic E-state index is 12.9. The van der Waals surface area contributed by atoms with Gasteiger partial charge < -0.3 is 14.5 Å². The zero-order chi connectivity index (χ0) is 19.5. The van der Waals surface area contributed by atoms with Gasteiger partial charge in [0.25, 0.3) is 5.91 Å². The molecule has 28 heavy (non-hydrogen) atoms. The van der Waals surface area contributed by atoms with E-state index in [4.69, 9.17) is 4.74 Å². The van der Waals surface area contributed by atoms with Crippen LogP contribution >= 0.6 is 0 Å². The van der Waals surface area contributed by atoms with Gasteiger partial charge in [-0.3, -0.25) is 4.79 Å². The minimum absolute atomic E-state index is 0.0623. The number of ether oxygens (including phenoxy) is 1. The Morgan fingerprint density at radius 3 is 2.71 bits per heavy atom. The lowest BCUT2D eigenvalue weighted by atomic mass is 10.1. The quantitative estimate of drug-likeness (QED) is 0.686. The highest BCUT2D eigenvalue weighted by Crippen LogP contribution is 2.32. The molecule has 0 radical (unpaired) electrons. The van der Waals surface area contributed by atoms with Crippen LogP contribution in [-0.4, -0.2) is 53.4 Å². The van der Waals surface area contributed by atoms with Crippen molar-refractivity contribution in [2.75, 3.05) is 31.6 Å². The Kier molecular flexibility index (Phi) is 5.02. The lowest BCUT2D eigenvalue weighted by molar-refractivity contribution is 0.0709. The molecule has 1 amide bonds. The first-order valence-corrected chi connectivity index (χ1v) is 9.52. The first-order valence-electron chi connectivity index (χ1n) is 9.52. The normalized spacial score (nSPS) is 15.6. The van der Waals surface area contributed by atoms with Gasteiger partial charge >= 0.3 is 0 Å². The number of para-hydroxylation sites is 3. The van der Waals surface area contributed by atoms with E-state index in [9.17, 15) is 4.79 Å². The van der Waals surface area contributed by atoms with Gasteiger partial charge in [0.05, 0.1) is 36.2 Å². The van der Waals surface area contributed by atoms with Crippen LogP contribution in [0.1, 0.15) is 17.3 Å². The van der Waals surface area contributed by atoms with Crippen molar-refractivity contribution in [1.29, 1.82) is 0 Å². The van der Waals surface area contributed by atoms with E-state index in [1.807, 2.05) is 55.6 Å². The average molecular weight is 376 g/mol. The monoisotopic (exact) mass is 376 g/mol. The molecule has 0 saturated heterocycles. The second-order valence-electron chi connectivity index (χ2n) is 6.94. The minimum Gasteiger partial charge on any atom is -0.485 e. The van der Waals surface area contributed by atoms with E-state index in [0.717, 1.165) is 30.2 Å². The highest BCUT2D eigenvalue weighted by Gasteiger charge is 2.27. The van der Waals surface area contributed by atoms with Crippen molar-refractivity contribution < 1.29 is 9.53 Å². The van der Waals surface area contributed by atoms with Gasteiger partial charge in [-0.05, 0) is 31.2 Å². The predicted molar refractivity (Wildman–Crippen MR) is 109 cm³/mol. The number of nitrogens with zero attached hydrogens (tertiary/aromatic N) is 4. The third-order valence-corrected chi connectivity index (χ3v) is 4.98. The number of hydrogen-bond acceptors (Lipinski definition) is 4. The molecule has 0 N–H and O–H groups in total. The lowest BCUT2D eigenvalue weighted by Crippen LogP contribution is -2.46. The van der Waals surface area contributed by atoms with Gasteiger partial charge in [-0.25, -0.2) is 4.68 Å². The lowest BCUT2D eigenvalue weighted by Gasteiger charge is -2.37. The van der Waals surface area contributed by atoms with Crippen LogP contribution in [0.2, 0.25) is 0 Å². The fourth-order valence-electron chi connectivity index (χ4n) is 3.54. The summed E-state index contributed by atoms with van der Waals surface area (Å²) in [5, 5.41) is 4.32. The molecular formula is C22H24N4O2. The van der Waals surface area contributed by atoms with Crippen molar-refractivity contribution in [3.05, 3.63) is 72.6 Å². The highest BCUT2D eigenvalue weighted by molar-refractivity contribution is 5.93. The fourth-order valence-corrected chi connectivity index (χ4v) is 3.54. The molecular weight excluding hydrogens is 352 g/mol. The number of carbonyl (C=O) groups is 1. The number of anilines is 1. The molecule has 1 atom stereocenters. The van der Waals surface area contributed by atoms with Crippen LogP contribution in [0, 0.1) is 0 Å². The molecule has 3 aromatic rings. The van der Waals surface area contributed by atoms with E-state index in [1.54, 1.807) is 22.0 Å². The molecule has 0 bridgehead atoms. The summed E-state index contributed by atoms with van der Waals surface area (Å²) < 4.78 is 7.85. The summed E-state index contributed by atoms with van der Waals surface area (Å²) in [5.74, 6) is 0.811. The molecule has 4 rings (SSSR count). The molecule has 2 aromatic carbocycles. The first-order chi connectivity index (χ1) is 13.7. The van der Waals surface area contributed by atoms with Crippen LogP contribution in [0.5, 0.6) is 5.75 Å². The van der Waals surface area contributed by atoms with Crippen molar-refractivity contribution in [3.8, 4) is 11.4 Å².